The lowest BCUT2D eigenvalue weighted by atomic mass is 9.98. The summed E-state index contributed by atoms with van der Waals surface area (Å²) in [6.07, 6.45) is 3.73. The van der Waals surface area contributed by atoms with Crippen LogP contribution < -0.4 is 15.0 Å². The number of nitrogens with one attached hydrogen (secondary N) is 1. The molecule has 1 aliphatic rings. The van der Waals surface area contributed by atoms with Crippen LogP contribution in [0.1, 0.15) is 30.1 Å². The Balaban J connectivity index is 1.56. The molecule has 1 atom stereocenters. The maximum Gasteiger partial charge on any atom is 0.251 e. The van der Waals surface area contributed by atoms with Crippen LogP contribution in [-0.2, 0) is 0 Å². The summed E-state index contributed by atoms with van der Waals surface area (Å²) in [5.74, 6) is 1.88. The van der Waals surface area contributed by atoms with Gasteiger partial charge < -0.3 is 15.0 Å². The van der Waals surface area contributed by atoms with Gasteiger partial charge in [0.15, 0.2) is 0 Å². The highest BCUT2D eigenvalue weighted by Crippen LogP contribution is 2.23. The van der Waals surface area contributed by atoms with Gasteiger partial charge in [0, 0.05) is 31.3 Å². The molecule has 0 aliphatic carbocycles. The minimum absolute atomic E-state index is 0.0154. The van der Waals surface area contributed by atoms with E-state index in [-0.39, 0.29) is 5.91 Å². The molecule has 1 fully saturated rings. The number of ether oxygens (including phenoxy) is 1. The van der Waals surface area contributed by atoms with Crippen molar-refractivity contribution in [1.29, 1.82) is 0 Å². The van der Waals surface area contributed by atoms with Crippen LogP contribution in [-0.4, -0.2) is 42.1 Å². The van der Waals surface area contributed by atoms with E-state index in [1.165, 1.54) is 0 Å². The number of amides is 1. The largest absolute Gasteiger partial charge is 0.478 e. The second kappa shape index (κ2) is 8.46. The average Bonchev–Trinajstić information content (AvgIpc) is 2.67. The van der Waals surface area contributed by atoms with Gasteiger partial charge in [0.1, 0.15) is 12.1 Å². The van der Waals surface area contributed by atoms with Gasteiger partial charge in [0.25, 0.3) is 5.91 Å². The quantitative estimate of drug-likeness (QED) is 0.875. The molecular formula is C19H24N4O2. The number of piperidine rings is 1. The molecule has 25 heavy (non-hydrogen) atoms. The monoisotopic (exact) mass is 340 g/mol. The van der Waals surface area contributed by atoms with Crippen molar-refractivity contribution in [1.82, 2.24) is 15.3 Å². The number of carbonyl (C=O) groups is 1. The Morgan fingerprint density at radius 2 is 2.16 bits per heavy atom. The summed E-state index contributed by atoms with van der Waals surface area (Å²) in [4.78, 5) is 22.9. The first kappa shape index (κ1) is 17.2. The second-order valence-electron chi connectivity index (χ2n) is 6.18. The van der Waals surface area contributed by atoms with E-state index < -0.39 is 0 Å². The summed E-state index contributed by atoms with van der Waals surface area (Å²) in [7, 11) is 0. The molecule has 0 radical (unpaired) electrons. The Hall–Kier alpha value is -2.63. The van der Waals surface area contributed by atoms with Crippen molar-refractivity contribution in [3.63, 3.8) is 0 Å². The van der Waals surface area contributed by atoms with Gasteiger partial charge in [-0.2, -0.15) is 0 Å². The topological polar surface area (TPSA) is 67.3 Å². The summed E-state index contributed by atoms with van der Waals surface area (Å²) in [6.45, 7) is 5.04. The lowest BCUT2D eigenvalue weighted by Gasteiger charge is -2.33. The first-order valence-corrected chi connectivity index (χ1v) is 8.79. The SMILES string of the molecule is CCOc1cc(N2CCC[C@H](CNC(=O)c3ccccc3)C2)ncn1. The number of rotatable bonds is 6. The Morgan fingerprint density at radius 3 is 2.96 bits per heavy atom. The molecule has 0 saturated carbocycles. The molecule has 1 N–H and O–H groups in total. The molecule has 6 heteroatoms. The molecule has 1 amide bonds. The average molecular weight is 340 g/mol. The Kier molecular flexibility index (Phi) is 5.82. The molecule has 3 rings (SSSR count). The number of benzene rings is 1. The number of carbonyl (C=O) groups excluding carboxylic acids is 1. The van der Waals surface area contributed by atoms with E-state index >= 15 is 0 Å². The van der Waals surface area contributed by atoms with E-state index in [0.29, 0.717) is 30.5 Å². The van der Waals surface area contributed by atoms with Crippen LogP contribution in [0.25, 0.3) is 0 Å². The molecule has 2 aromatic rings. The van der Waals surface area contributed by atoms with Crippen molar-refractivity contribution < 1.29 is 9.53 Å². The van der Waals surface area contributed by atoms with Crippen molar-refractivity contribution in [2.24, 2.45) is 5.92 Å². The van der Waals surface area contributed by atoms with Gasteiger partial charge in [0.05, 0.1) is 6.61 Å². The van der Waals surface area contributed by atoms with Gasteiger partial charge in [-0.3, -0.25) is 4.79 Å². The van der Waals surface area contributed by atoms with Gasteiger partial charge in [-0.05, 0) is 37.8 Å². The van der Waals surface area contributed by atoms with E-state index in [2.05, 4.69) is 20.2 Å². The maximum absolute atomic E-state index is 12.2. The van der Waals surface area contributed by atoms with Crippen molar-refractivity contribution in [3.8, 4) is 5.88 Å². The highest BCUT2D eigenvalue weighted by Gasteiger charge is 2.22. The van der Waals surface area contributed by atoms with Gasteiger partial charge in [-0.25, -0.2) is 9.97 Å². The van der Waals surface area contributed by atoms with Crippen molar-refractivity contribution in [2.45, 2.75) is 19.8 Å². The maximum atomic E-state index is 12.2. The van der Waals surface area contributed by atoms with Crippen LogP contribution in [0.2, 0.25) is 0 Å². The summed E-state index contributed by atoms with van der Waals surface area (Å²) in [6, 6.07) is 11.2. The molecule has 1 saturated heterocycles. The number of anilines is 1. The summed E-state index contributed by atoms with van der Waals surface area (Å²) >= 11 is 0. The minimum atomic E-state index is -0.0154. The lowest BCUT2D eigenvalue weighted by Crippen LogP contribution is -2.41. The predicted molar refractivity (Wildman–Crippen MR) is 96.9 cm³/mol. The van der Waals surface area contributed by atoms with Crippen LogP contribution in [0.5, 0.6) is 5.88 Å². The fraction of sp³-hybridized carbons (Fsp3) is 0.421. The van der Waals surface area contributed by atoms with Crippen LogP contribution in [0.15, 0.2) is 42.7 Å². The molecule has 1 aromatic carbocycles. The fourth-order valence-corrected chi connectivity index (χ4v) is 3.10. The molecule has 1 aromatic heterocycles. The van der Waals surface area contributed by atoms with Crippen molar-refractivity contribution in [3.05, 3.63) is 48.3 Å². The first-order valence-electron chi connectivity index (χ1n) is 8.79. The molecule has 0 spiro atoms. The zero-order valence-corrected chi connectivity index (χ0v) is 14.5. The Labute approximate surface area is 148 Å². The minimum Gasteiger partial charge on any atom is -0.478 e. The third-order valence-corrected chi connectivity index (χ3v) is 4.35. The zero-order chi connectivity index (χ0) is 17.5. The number of aromatic nitrogens is 2. The van der Waals surface area contributed by atoms with Gasteiger partial charge in [0.2, 0.25) is 5.88 Å². The van der Waals surface area contributed by atoms with Gasteiger partial charge in [-0.1, -0.05) is 18.2 Å². The van der Waals surface area contributed by atoms with E-state index in [1.807, 2.05) is 43.3 Å². The molecule has 132 valence electrons. The highest BCUT2D eigenvalue weighted by atomic mass is 16.5. The molecular weight excluding hydrogens is 316 g/mol. The molecule has 6 nitrogen and oxygen atoms in total. The summed E-state index contributed by atoms with van der Waals surface area (Å²) in [5.41, 5.74) is 0.701. The van der Waals surface area contributed by atoms with E-state index in [1.54, 1.807) is 6.33 Å². The van der Waals surface area contributed by atoms with Crippen molar-refractivity contribution in [2.75, 3.05) is 31.1 Å². The smallest absolute Gasteiger partial charge is 0.251 e. The molecule has 0 unspecified atom stereocenters. The third kappa shape index (κ3) is 4.68. The molecule has 0 bridgehead atoms. The predicted octanol–water partition coefficient (Wildman–Crippen LogP) is 2.52. The van der Waals surface area contributed by atoms with Gasteiger partial charge in [-0.15, -0.1) is 0 Å². The second-order valence-corrected chi connectivity index (χ2v) is 6.18. The summed E-state index contributed by atoms with van der Waals surface area (Å²) in [5, 5.41) is 3.05. The number of hydrogen-bond acceptors (Lipinski definition) is 5. The van der Waals surface area contributed by atoms with Crippen molar-refractivity contribution >= 4 is 11.7 Å². The van der Waals surface area contributed by atoms with E-state index in [9.17, 15) is 4.79 Å². The first-order chi connectivity index (χ1) is 12.3. The Morgan fingerprint density at radius 1 is 1.32 bits per heavy atom. The molecule has 1 aliphatic heterocycles. The van der Waals surface area contributed by atoms with E-state index in [0.717, 1.165) is 31.7 Å². The zero-order valence-electron chi connectivity index (χ0n) is 14.5. The summed E-state index contributed by atoms with van der Waals surface area (Å²) < 4.78 is 5.46. The van der Waals surface area contributed by atoms with Crippen LogP contribution in [0, 0.1) is 5.92 Å². The normalized spacial score (nSPS) is 17.2. The van der Waals surface area contributed by atoms with Crippen LogP contribution in [0.4, 0.5) is 5.82 Å². The lowest BCUT2D eigenvalue weighted by molar-refractivity contribution is 0.0945. The fourth-order valence-electron chi connectivity index (χ4n) is 3.10. The number of nitrogens with zero attached hydrogens (tertiary/aromatic N) is 3. The standard InChI is InChI=1S/C19H24N4O2/c1-2-25-18-11-17(21-14-22-18)23-10-6-7-15(13-23)12-20-19(24)16-8-4-3-5-9-16/h3-5,8-9,11,14-15H,2,6-7,10,12-13H2,1H3,(H,20,24)/t15-/m1/s1. The Bertz CT molecular complexity index is 693. The van der Waals surface area contributed by atoms with Crippen LogP contribution in [0.3, 0.4) is 0 Å². The molecule has 2 heterocycles. The highest BCUT2D eigenvalue weighted by molar-refractivity contribution is 5.94. The van der Waals surface area contributed by atoms with Crippen LogP contribution >= 0.6 is 0 Å². The van der Waals surface area contributed by atoms with E-state index in [4.69, 9.17) is 4.74 Å². The van der Waals surface area contributed by atoms with Gasteiger partial charge >= 0.3 is 0 Å². The number of hydrogen-bond donors (Lipinski definition) is 1. The third-order valence-electron chi connectivity index (χ3n) is 4.35.